The average Bonchev–Trinajstić information content (AvgIpc) is 2.38. The molecule has 19 heavy (non-hydrogen) atoms. The molecule has 1 aromatic heterocycles. The summed E-state index contributed by atoms with van der Waals surface area (Å²) in [5.74, 6) is 0.350. The highest BCUT2D eigenvalue weighted by atomic mass is 19.4. The second-order valence-corrected chi connectivity index (χ2v) is 4.71. The van der Waals surface area contributed by atoms with Gasteiger partial charge in [0, 0.05) is 11.8 Å². The number of nitrogens with zero attached hydrogens (tertiary/aromatic N) is 1. The molecule has 0 bridgehead atoms. The summed E-state index contributed by atoms with van der Waals surface area (Å²) in [6.07, 6.45) is -2.62. The second kappa shape index (κ2) is 5.03. The fourth-order valence-electron chi connectivity index (χ4n) is 1.77. The van der Waals surface area contributed by atoms with Gasteiger partial charge in [-0.1, -0.05) is 32.0 Å². The van der Waals surface area contributed by atoms with E-state index in [0.29, 0.717) is 17.2 Å². The van der Waals surface area contributed by atoms with E-state index in [-0.39, 0.29) is 0 Å². The van der Waals surface area contributed by atoms with Gasteiger partial charge in [-0.3, -0.25) is 4.98 Å². The predicted molar refractivity (Wildman–Crippen MR) is 68.8 cm³/mol. The minimum Gasteiger partial charge on any atom is -0.256 e. The van der Waals surface area contributed by atoms with Crippen molar-refractivity contribution >= 4 is 0 Å². The number of hydrogen-bond acceptors (Lipinski definition) is 1. The lowest BCUT2D eigenvalue weighted by Gasteiger charge is -2.09. The Hall–Kier alpha value is -1.84. The number of halogens is 3. The van der Waals surface area contributed by atoms with Gasteiger partial charge < -0.3 is 0 Å². The molecule has 4 heteroatoms. The van der Waals surface area contributed by atoms with Crippen LogP contribution >= 0.6 is 0 Å². The zero-order valence-electron chi connectivity index (χ0n) is 10.7. The molecule has 0 aliphatic heterocycles. The molecule has 0 aliphatic carbocycles. The molecule has 2 aromatic rings. The number of aromatic nitrogens is 1. The lowest BCUT2D eigenvalue weighted by molar-refractivity contribution is -0.137. The van der Waals surface area contributed by atoms with Crippen LogP contribution in [-0.2, 0) is 6.18 Å². The molecule has 2 rings (SSSR count). The van der Waals surface area contributed by atoms with E-state index in [4.69, 9.17) is 0 Å². The summed E-state index contributed by atoms with van der Waals surface area (Å²) in [4.78, 5) is 4.23. The normalized spacial score (nSPS) is 11.9. The van der Waals surface area contributed by atoms with E-state index in [0.717, 1.165) is 17.7 Å². The lowest BCUT2D eigenvalue weighted by Crippen LogP contribution is -2.04. The summed E-state index contributed by atoms with van der Waals surface area (Å²) in [5.41, 5.74) is 1.44. The van der Waals surface area contributed by atoms with Gasteiger partial charge in [0.15, 0.2) is 0 Å². The molecule has 0 radical (unpaired) electrons. The van der Waals surface area contributed by atoms with Crippen molar-refractivity contribution in [1.82, 2.24) is 4.98 Å². The topological polar surface area (TPSA) is 12.9 Å². The molecule has 0 aliphatic rings. The molecular weight excluding hydrogens is 251 g/mol. The molecule has 0 amide bonds. The van der Waals surface area contributed by atoms with Gasteiger partial charge in [-0.2, -0.15) is 13.2 Å². The summed E-state index contributed by atoms with van der Waals surface area (Å²) < 4.78 is 37.9. The van der Waals surface area contributed by atoms with Crippen molar-refractivity contribution in [2.24, 2.45) is 0 Å². The summed E-state index contributed by atoms with van der Waals surface area (Å²) in [5, 5.41) is 0. The maximum absolute atomic E-state index is 12.6. The Balaban J connectivity index is 2.37. The van der Waals surface area contributed by atoms with Gasteiger partial charge in [-0.05, 0) is 29.7 Å². The number of rotatable bonds is 2. The highest BCUT2D eigenvalue weighted by molar-refractivity contribution is 5.60. The van der Waals surface area contributed by atoms with Crippen molar-refractivity contribution < 1.29 is 13.2 Å². The Morgan fingerprint density at radius 2 is 1.79 bits per heavy atom. The third-order valence-electron chi connectivity index (χ3n) is 2.94. The molecule has 0 N–H and O–H groups in total. The molecule has 1 aromatic carbocycles. The van der Waals surface area contributed by atoms with Crippen LogP contribution in [0.25, 0.3) is 11.3 Å². The van der Waals surface area contributed by atoms with Gasteiger partial charge in [0.1, 0.15) is 0 Å². The van der Waals surface area contributed by atoms with E-state index in [1.807, 2.05) is 19.9 Å². The highest BCUT2D eigenvalue weighted by Crippen LogP contribution is 2.31. The SMILES string of the molecule is CC(C)c1ccc(-c2cccc(C(F)(F)F)c2)nc1. The van der Waals surface area contributed by atoms with Crippen LogP contribution in [0.2, 0.25) is 0 Å². The summed E-state index contributed by atoms with van der Waals surface area (Å²) in [6.45, 7) is 4.09. The van der Waals surface area contributed by atoms with E-state index in [2.05, 4.69) is 4.98 Å². The second-order valence-electron chi connectivity index (χ2n) is 4.71. The van der Waals surface area contributed by atoms with E-state index in [1.54, 1.807) is 18.3 Å². The zero-order chi connectivity index (χ0) is 14.0. The summed E-state index contributed by atoms with van der Waals surface area (Å²) in [6, 6.07) is 8.87. The molecule has 0 saturated heterocycles. The zero-order valence-corrected chi connectivity index (χ0v) is 10.7. The molecule has 0 fully saturated rings. The lowest BCUT2D eigenvalue weighted by atomic mass is 10.0. The number of pyridine rings is 1. The van der Waals surface area contributed by atoms with Crippen LogP contribution in [0, 0.1) is 0 Å². The van der Waals surface area contributed by atoms with Gasteiger partial charge in [0.25, 0.3) is 0 Å². The summed E-state index contributed by atoms with van der Waals surface area (Å²) in [7, 11) is 0. The van der Waals surface area contributed by atoms with Gasteiger partial charge in [-0.15, -0.1) is 0 Å². The molecule has 0 unspecified atom stereocenters. The van der Waals surface area contributed by atoms with Crippen molar-refractivity contribution in [1.29, 1.82) is 0 Å². The highest BCUT2D eigenvalue weighted by Gasteiger charge is 2.30. The van der Waals surface area contributed by atoms with Crippen LogP contribution in [0.3, 0.4) is 0 Å². The molecule has 0 saturated carbocycles. The Bertz CT molecular complexity index is 556. The largest absolute Gasteiger partial charge is 0.416 e. The van der Waals surface area contributed by atoms with Crippen molar-refractivity contribution in [3.05, 3.63) is 53.7 Å². The van der Waals surface area contributed by atoms with Crippen LogP contribution < -0.4 is 0 Å². The van der Waals surface area contributed by atoms with Gasteiger partial charge >= 0.3 is 6.18 Å². The molecule has 0 atom stereocenters. The predicted octanol–water partition coefficient (Wildman–Crippen LogP) is 4.89. The Kier molecular flexibility index (Phi) is 3.60. The smallest absolute Gasteiger partial charge is 0.256 e. The van der Waals surface area contributed by atoms with Crippen LogP contribution in [0.1, 0.15) is 30.9 Å². The first-order valence-electron chi connectivity index (χ1n) is 6.01. The van der Waals surface area contributed by atoms with Gasteiger partial charge in [0.05, 0.1) is 11.3 Å². The fraction of sp³-hybridized carbons (Fsp3) is 0.267. The minimum atomic E-state index is -4.33. The molecule has 1 nitrogen and oxygen atoms in total. The van der Waals surface area contributed by atoms with Crippen molar-refractivity contribution in [3.8, 4) is 11.3 Å². The Morgan fingerprint density at radius 3 is 2.32 bits per heavy atom. The Morgan fingerprint density at radius 1 is 1.05 bits per heavy atom. The summed E-state index contributed by atoms with van der Waals surface area (Å²) >= 11 is 0. The minimum absolute atomic E-state index is 0.350. The van der Waals surface area contributed by atoms with Gasteiger partial charge in [0.2, 0.25) is 0 Å². The van der Waals surface area contributed by atoms with Crippen LogP contribution in [-0.4, -0.2) is 4.98 Å². The van der Waals surface area contributed by atoms with Crippen LogP contribution in [0.15, 0.2) is 42.6 Å². The monoisotopic (exact) mass is 265 g/mol. The number of hydrogen-bond donors (Lipinski definition) is 0. The molecule has 0 spiro atoms. The first kappa shape index (κ1) is 13.6. The quantitative estimate of drug-likeness (QED) is 0.753. The number of benzene rings is 1. The van der Waals surface area contributed by atoms with E-state index >= 15 is 0 Å². The fourth-order valence-corrected chi connectivity index (χ4v) is 1.77. The van der Waals surface area contributed by atoms with Crippen molar-refractivity contribution in [3.63, 3.8) is 0 Å². The maximum Gasteiger partial charge on any atom is 0.416 e. The molecule has 1 heterocycles. The van der Waals surface area contributed by atoms with Gasteiger partial charge in [-0.25, -0.2) is 0 Å². The van der Waals surface area contributed by atoms with E-state index in [9.17, 15) is 13.2 Å². The third-order valence-corrected chi connectivity index (χ3v) is 2.94. The van der Waals surface area contributed by atoms with Crippen molar-refractivity contribution in [2.75, 3.05) is 0 Å². The van der Waals surface area contributed by atoms with Crippen molar-refractivity contribution in [2.45, 2.75) is 25.9 Å². The standard InChI is InChI=1S/C15H14F3N/c1-10(2)12-6-7-14(19-9-12)11-4-3-5-13(8-11)15(16,17)18/h3-10H,1-2H3. The third kappa shape index (κ3) is 3.13. The number of alkyl halides is 3. The Labute approximate surface area is 110 Å². The van der Waals surface area contributed by atoms with E-state index in [1.165, 1.54) is 6.07 Å². The van der Waals surface area contributed by atoms with Crippen LogP contribution in [0.5, 0.6) is 0 Å². The maximum atomic E-state index is 12.6. The molecular formula is C15H14F3N. The van der Waals surface area contributed by atoms with Crippen LogP contribution in [0.4, 0.5) is 13.2 Å². The first-order chi connectivity index (χ1) is 8.88. The average molecular weight is 265 g/mol. The first-order valence-corrected chi connectivity index (χ1v) is 6.01. The van der Waals surface area contributed by atoms with E-state index < -0.39 is 11.7 Å². The molecule has 100 valence electrons.